The van der Waals surface area contributed by atoms with Gasteiger partial charge in [0.25, 0.3) is 0 Å². The first kappa shape index (κ1) is 23.7. The molecule has 164 valence electrons. The molecular formula is C20H24F3N3O3S. The molecule has 0 spiro atoms. The van der Waals surface area contributed by atoms with Crippen molar-refractivity contribution in [3.8, 4) is 0 Å². The highest BCUT2D eigenvalue weighted by Gasteiger charge is 2.34. The molecule has 6 nitrogen and oxygen atoms in total. The Bertz CT molecular complexity index is 855. The summed E-state index contributed by atoms with van der Waals surface area (Å²) in [5.74, 6) is -0.555. The van der Waals surface area contributed by atoms with E-state index < -0.39 is 23.7 Å². The smallest absolute Gasteiger partial charge is 0.418 e. The number of hydrogen-bond acceptors (Lipinski definition) is 5. The number of ether oxygens (including phenoxy) is 1. The van der Waals surface area contributed by atoms with Gasteiger partial charge in [-0.25, -0.2) is 14.6 Å². The molecule has 0 saturated carbocycles. The molecule has 1 aromatic carbocycles. The number of nitrogens with one attached hydrogen (secondary N) is 1. The Kier molecular flexibility index (Phi) is 8.64. The van der Waals surface area contributed by atoms with Gasteiger partial charge in [0.2, 0.25) is 0 Å². The zero-order valence-electron chi connectivity index (χ0n) is 16.8. The van der Waals surface area contributed by atoms with Crippen LogP contribution in [0.1, 0.15) is 54.2 Å². The second-order valence-electron chi connectivity index (χ2n) is 6.45. The van der Waals surface area contributed by atoms with Crippen molar-refractivity contribution in [2.45, 2.75) is 45.8 Å². The predicted molar refractivity (Wildman–Crippen MR) is 108 cm³/mol. The second kappa shape index (κ2) is 11.0. The van der Waals surface area contributed by atoms with Crippen molar-refractivity contribution in [1.29, 1.82) is 0 Å². The third-order valence-electron chi connectivity index (χ3n) is 4.16. The Morgan fingerprint density at radius 3 is 2.60 bits per heavy atom. The number of anilines is 1. The summed E-state index contributed by atoms with van der Waals surface area (Å²) in [7, 11) is 0. The van der Waals surface area contributed by atoms with Gasteiger partial charge in [-0.3, -0.25) is 0 Å². The Morgan fingerprint density at radius 2 is 1.93 bits per heavy atom. The molecule has 2 aromatic rings. The molecule has 0 aliphatic rings. The zero-order valence-corrected chi connectivity index (χ0v) is 17.6. The van der Waals surface area contributed by atoms with Crippen LogP contribution in [0.5, 0.6) is 0 Å². The maximum Gasteiger partial charge on any atom is 0.418 e. The molecule has 30 heavy (non-hydrogen) atoms. The quantitative estimate of drug-likeness (QED) is 0.407. The van der Waals surface area contributed by atoms with Crippen molar-refractivity contribution < 1.29 is 27.5 Å². The Labute approximate surface area is 177 Å². The number of para-hydroxylation sites is 1. The van der Waals surface area contributed by atoms with Crippen LogP contribution < -0.4 is 5.32 Å². The van der Waals surface area contributed by atoms with Crippen LogP contribution in [0.2, 0.25) is 0 Å². The molecule has 0 unspecified atom stereocenters. The van der Waals surface area contributed by atoms with Gasteiger partial charge in [0.1, 0.15) is 5.01 Å². The monoisotopic (exact) mass is 443 g/mol. The molecule has 0 aliphatic heterocycles. The highest BCUT2D eigenvalue weighted by atomic mass is 32.1. The van der Waals surface area contributed by atoms with Crippen molar-refractivity contribution in [2.24, 2.45) is 0 Å². The summed E-state index contributed by atoms with van der Waals surface area (Å²) < 4.78 is 44.6. The number of alkyl halides is 3. The van der Waals surface area contributed by atoms with Crippen molar-refractivity contribution >= 4 is 29.0 Å². The standard InChI is InChI=1S/C20H24F3N3O3S/c1-3-5-8-11-26(12-17-24-16(13-30-17)18(27)29-4-2)19(28)25-15-10-7-6-9-14(15)20(21,22)23/h6-7,9-10,13H,3-5,8,11-12H2,1-2H3,(H,25,28). The van der Waals surface area contributed by atoms with E-state index in [4.69, 9.17) is 4.74 Å². The van der Waals surface area contributed by atoms with E-state index in [1.807, 2.05) is 6.92 Å². The Morgan fingerprint density at radius 1 is 1.20 bits per heavy atom. The molecule has 1 heterocycles. The fourth-order valence-corrected chi connectivity index (χ4v) is 3.46. The fraction of sp³-hybridized carbons (Fsp3) is 0.450. The lowest BCUT2D eigenvalue weighted by atomic mass is 10.1. The van der Waals surface area contributed by atoms with Crippen LogP contribution in [0.15, 0.2) is 29.6 Å². The lowest BCUT2D eigenvalue weighted by molar-refractivity contribution is -0.136. The summed E-state index contributed by atoms with van der Waals surface area (Å²) in [5, 5.41) is 4.40. The van der Waals surface area contributed by atoms with E-state index in [1.165, 1.54) is 39.8 Å². The number of carbonyl (C=O) groups excluding carboxylic acids is 2. The number of thiazole rings is 1. The van der Waals surface area contributed by atoms with Crippen molar-refractivity contribution in [2.75, 3.05) is 18.5 Å². The van der Waals surface area contributed by atoms with E-state index >= 15 is 0 Å². The van der Waals surface area contributed by atoms with Gasteiger partial charge in [-0.05, 0) is 25.5 Å². The van der Waals surface area contributed by atoms with E-state index in [1.54, 1.807) is 6.92 Å². The molecule has 2 rings (SSSR count). The topological polar surface area (TPSA) is 71.5 Å². The minimum atomic E-state index is -4.58. The summed E-state index contributed by atoms with van der Waals surface area (Å²) in [6.45, 7) is 4.34. The van der Waals surface area contributed by atoms with Crippen molar-refractivity contribution in [1.82, 2.24) is 9.88 Å². The largest absolute Gasteiger partial charge is 0.461 e. The van der Waals surface area contributed by atoms with Gasteiger partial charge in [0.05, 0.1) is 24.4 Å². The van der Waals surface area contributed by atoms with E-state index in [-0.39, 0.29) is 24.5 Å². The number of unbranched alkanes of at least 4 members (excludes halogenated alkanes) is 2. The van der Waals surface area contributed by atoms with Crippen LogP contribution in [0.3, 0.4) is 0 Å². The lowest BCUT2D eigenvalue weighted by Gasteiger charge is -2.23. The molecule has 0 aliphatic carbocycles. The van der Waals surface area contributed by atoms with Crippen LogP contribution >= 0.6 is 11.3 Å². The molecule has 2 amide bonds. The molecule has 0 atom stereocenters. The third kappa shape index (κ3) is 6.72. The normalized spacial score (nSPS) is 11.2. The maximum absolute atomic E-state index is 13.2. The van der Waals surface area contributed by atoms with E-state index in [2.05, 4.69) is 10.3 Å². The number of urea groups is 1. The van der Waals surface area contributed by atoms with E-state index in [9.17, 15) is 22.8 Å². The van der Waals surface area contributed by atoms with E-state index in [0.29, 0.717) is 18.0 Å². The van der Waals surface area contributed by atoms with Crippen LogP contribution in [-0.2, 0) is 17.5 Å². The molecule has 10 heteroatoms. The number of amides is 2. The fourth-order valence-electron chi connectivity index (χ4n) is 2.68. The van der Waals surface area contributed by atoms with Crippen LogP contribution in [0.25, 0.3) is 0 Å². The van der Waals surface area contributed by atoms with Gasteiger partial charge >= 0.3 is 18.2 Å². The Hall–Kier alpha value is -2.62. The first-order chi connectivity index (χ1) is 14.3. The number of esters is 1. The average molecular weight is 443 g/mol. The van der Waals surface area contributed by atoms with Crippen LogP contribution in [0.4, 0.5) is 23.7 Å². The summed E-state index contributed by atoms with van der Waals surface area (Å²) >= 11 is 1.19. The molecular weight excluding hydrogens is 419 g/mol. The number of halogens is 3. The third-order valence-corrected chi connectivity index (χ3v) is 4.99. The SMILES string of the molecule is CCCCCN(Cc1nc(C(=O)OCC)cs1)C(=O)Nc1ccccc1C(F)(F)F. The van der Waals surface area contributed by atoms with Crippen molar-refractivity contribution in [3.05, 3.63) is 45.9 Å². The lowest BCUT2D eigenvalue weighted by Crippen LogP contribution is -2.35. The number of nitrogens with zero attached hydrogens (tertiary/aromatic N) is 2. The summed E-state index contributed by atoms with van der Waals surface area (Å²) in [4.78, 5) is 30.1. The minimum Gasteiger partial charge on any atom is -0.461 e. The van der Waals surface area contributed by atoms with Gasteiger partial charge in [-0.2, -0.15) is 13.2 Å². The number of rotatable bonds is 9. The summed E-state index contributed by atoms with van der Waals surface area (Å²) in [6.07, 6.45) is -2.09. The predicted octanol–water partition coefficient (Wildman–Crippen LogP) is 5.56. The molecule has 0 bridgehead atoms. The van der Waals surface area contributed by atoms with Gasteiger partial charge in [-0.15, -0.1) is 11.3 Å². The van der Waals surface area contributed by atoms with Gasteiger partial charge in [-0.1, -0.05) is 31.9 Å². The summed E-state index contributed by atoms with van der Waals surface area (Å²) in [5.41, 5.74) is -1.07. The molecule has 1 aromatic heterocycles. The van der Waals surface area contributed by atoms with Crippen LogP contribution in [-0.4, -0.2) is 35.0 Å². The number of aromatic nitrogens is 1. The summed E-state index contributed by atoms with van der Waals surface area (Å²) in [6, 6.07) is 4.18. The first-order valence-electron chi connectivity index (χ1n) is 9.59. The Balaban J connectivity index is 2.17. The first-order valence-corrected chi connectivity index (χ1v) is 10.5. The molecule has 1 N–H and O–H groups in total. The molecule has 0 saturated heterocycles. The van der Waals surface area contributed by atoms with Gasteiger partial charge in [0.15, 0.2) is 5.69 Å². The maximum atomic E-state index is 13.2. The number of benzene rings is 1. The number of hydrogen-bond donors (Lipinski definition) is 1. The number of carbonyl (C=O) groups is 2. The zero-order chi connectivity index (χ0) is 22.1. The average Bonchev–Trinajstić information content (AvgIpc) is 3.16. The van der Waals surface area contributed by atoms with Crippen molar-refractivity contribution in [3.63, 3.8) is 0 Å². The van der Waals surface area contributed by atoms with Crippen LogP contribution in [0, 0.1) is 0 Å². The molecule has 0 radical (unpaired) electrons. The van der Waals surface area contributed by atoms with E-state index in [0.717, 1.165) is 18.9 Å². The van der Waals surface area contributed by atoms with Gasteiger partial charge in [0, 0.05) is 11.9 Å². The highest BCUT2D eigenvalue weighted by Crippen LogP contribution is 2.34. The minimum absolute atomic E-state index is 0.0772. The molecule has 0 fully saturated rings. The highest BCUT2D eigenvalue weighted by molar-refractivity contribution is 7.09. The van der Waals surface area contributed by atoms with Gasteiger partial charge < -0.3 is 15.0 Å². The second-order valence-corrected chi connectivity index (χ2v) is 7.39.